The number of hydrogen-bond acceptors (Lipinski definition) is 5. The van der Waals surface area contributed by atoms with Gasteiger partial charge in [-0.3, -0.25) is 9.59 Å². The van der Waals surface area contributed by atoms with Crippen LogP contribution in [-0.4, -0.2) is 41.9 Å². The average molecular weight is 388 g/mol. The second-order valence-corrected chi connectivity index (χ2v) is 7.49. The molecular weight excluding hydrogens is 362 g/mol. The summed E-state index contributed by atoms with van der Waals surface area (Å²) in [6.45, 7) is 3.69. The van der Waals surface area contributed by atoms with E-state index in [2.05, 4.69) is 10.3 Å². The quantitative estimate of drug-likeness (QED) is 0.826. The molecule has 1 aliphatic heterocycles. The van der Waals surface area contributed by atoms with Crippen molar-refractivity contribution in [2.75, 3.05) is 20.2 Å². The lowest BCUT2D eigenvalue weighted by Gasteiger charge is -2.32. The Kier molecular flexibility index (Phi) is 6.45. The van der Waals surface area contributed by atoms with Gasteiger partial charge in [0, 0.05) is 30.8 Å². The fourth-order valence-electron chi connectivity index (χ4n) is 3.26. The molecule has 1 atom stereocenters. The van der Waals surface area contributed by atoms with Crippen molar-refractivity contribution < 1.29 is 14.3 Å². The van der Waals surface area contributed by atoms with Gasteiger partial charge in [-0.15, -0.1) is 11.3 Å². The molecule has 144 valence electrons. The van der Waals surface area contributed by atoms with Gasteiger partial charge in [-0.25, -0.2) is 4.98 Å². The third kappa shape index (κ3) is 4.66. The molecule has 27 heavy (non-hydrogen) atoms. The number of carbonyl (C=O) groups is 2. The van der Waals surface area contributed by atoms with E-state index < -0.39 is 0 Å². The van der Waals surface area contributed by atoms with Gasteiger partial charge in [0.2, 0.25) is 5.91 Å². The van der Waals surface area contributed by atoms with Crippen LogP contribution < -0.4 is 10.1 Å². The van der Waals surface area contributed by atoms with Crippen molar-refractivity contribution >= 4 is 23.2 Å². The first-order chi connectivity index (χ1) is 13.1. The van der Waals surface area contributed by atoms with Crippen molar-refractivity contribution in [3.8, 4) is 5.75 Å². The number of likely N-dealkylation sites (tertiary alicyclic amines) is 1. The van der Waals surface area contributed by atoms with Gasteiger partial charge >= 0.3 is 0 Å². The summed E-state index contributed by atoms with van der Waals surface area (Å²) in [5.74, 6) is 0.866. The van der Waals surface area contributed by atoms with E-state index in [1.165, 1.54) is 0 Å². The maximum absolute atomic E-state index is 13.0. The van der Waals surface area contributed by atoms with Crippen molar-refractivity contribution in [3.63, 3.8) is 0 Å². The SMILES string of the molecule is CCC(=O)NCc1csc([C@@H]2CCCN(C(=O)c3ccccc3OC)C2)n1. The molecule has 0 spiro atoms. The van der Waals surface area contributed by atoms with Crippen molar-refractivity contribution in [1.82, 2.24) is 15.2 Å². The second-order valence-electron chi connectivity index (χ2n) is 6.60. The van der Waals surface area contributed by atoms with Gasteiger partial charge in [0.15, 0.2) is 0 Å². The number of methoxy groups -OCH3 is 1. The highest BCUT2D eigenvalue weighted by Gasteiger charge is 2.28. The van der Waals surface area contributed by atoms with Crippen LogP contribution in [0.4, 0.5) is 0 Å². The largest absolute Gasteiger partial charge is 0.496 e. The first kappa shape index (κ1) is 19.4. The lowest BCUT2D eigenvalue weighted by atomic mass is 9.98. The number of rotatable bonds is 6. The fourth-order valence-corrected chi connectivity index (χ4v) is 4.21. The molecule has 0 saturated carbocycles. The van der Waals surface area contributed by atoms with Crippen LogP contribution in [0.15, 0.2) is 29.6 Å². The number of ether oxygens (including phenoxy) is 1. The summed E-state index contributed by atoms with van der Waals surface area (Å²) in [4.78, 5) is 30.9. The Morgan fingerprint density at radius 3 is 2.96 bits per heavy atom. The fraction of sp³-hybridized carbons (Fsp3) is 0.450. The van der Waals surface area contributed by atoms with E-state index in [0.717, 1.165) is 30.1 Å². The zero-order chi connectivity index (χ0) is 19.2. The van der Waals surface area contributed by atoms with Gasteiger partial charge in [0.05, 0.1) is 29.9 Å². The molecule has 1 fully saturated rings. The molecule has 2 heterocycles. The van der Waals surface area contributed by atoms with E-state index in [1.807, 2.05) is 41.5 Å². The molecular formula is C20H25N3O3S. The Balaban J connectivity index is 1.66. The number of nitrogens with zero attached hydrogens (tertiary/aromatic N) is 2. The van der Waals surface area contributed by atoms with Crippen molar-refractivity contribution in [2.45, 2.75) is 38.6 Å². The summed E-state index contributed by atoms with van der Waals surface area (Å²) >= 11 is 1.61. The molecule has 2 amide bonds. The summed E-state index contributed by atoms with van der Waals surface area (Å²) < 4.78 is 5.34. The first-order valence-corrected chi connectivity index (χ1v) is 10.1. The number of hydrogen-bond donors (Lipinski definition) is 1. The Morgan fingerprint density at radius 2 is 2.19 bits per heavy atom. The van der Waals surface area contributed by atoms with E-state index in [0.29, 0.717) is 30.8 Å². The molecule has 1 aromatic carbocycles. The monoisotopic (exact) mass is 387 g/mol. The van der Waals surface area contributed by atoms with E-state index in [9.17, 15) is 9.59 Å². The van der Waals surface area contributed by atoms with E-state index in [4.69, 9.17) is 4.74 Å². The van der Waals surface area contributed by atoms with Crippen LogP contribution in [0.3, 0.4) is 0 Å². The van der Waals surface area contributed by atoms with Crippen LogP contribution >= 0.6 is 11.3 Å². The predicted octanol–water partition coefficient (Wildman–Crippen LogP) is 3.20. The summed E-state index contributed by atoms with van der Waals surface area (Å²) in [5.41, 5.74) is 1.48. The highest BCUT2D eigenvalue weighted by atomic mass is 32.1. The molecule has 6 nitrogen and oxygen atoms in total. The lowest BCUT2D eigenvalue weighted by Crippen LogP contribution is -2.39. The van der Waals surface area contributed by atoms with Crippen LogP contribution in [0.25, 0.3) is 0 Å². The molecule has 0 radical (unpaired) electrons. The molecule has 1 aliphatic rings. The first-order valence-electron chi connectivity index (χ1n) is 9.25. The molecule has 0 bridgehead atoms. The van der Waals surface area contributed by atoms with Crippen LogP contribution in [0.1, 0.15) is 53.2 Å². The minimum Gasteiger partial charge on any atom is -0.496 e. The normalized spacial score (nSPS) is 16.8. The Morgan fingerprint density at radius 1 is 1.37 bits per heavy atom. The molecule has 3 rings (SSSR count). The minimum absolute atomic E-state index is 0.00383. The maximum atomic E-state index is 13.0. The number of aromatic nitrogens is 1. The molecule has 0 aliphatic carbocycles. The highest BCUT2D eigenvalue weighted by Crippen LogP contribution is 2.31. The molecule has 1 aromatic heterocycles. The Bertz CT molecular complexity index is 805. The van der Waals surface area contributed by atoms with E-state index in [-0.39, 0.29) is 17.7 Å². The topological polar surface area (TPSA) is 71.5 Å². The van der Waals surface area contributed by atoms with E-state index >= 15 is 0 Å². The van der Waals surface area contributed by atoms with Gasteiger partial charge in [0.1, 0.15) is 5.75 Å². The van der Waals surface area contributed by atoms with Crippen molar-refractivity contribution in [3.05, 3.63) is 45.9 Å². The maximum Gasteiger partial charge on any atom is 0.257 e. The highest BCUT2D eigenvalue weighted by molar-refractivity contribution is 7.09. The number of carbonyl (C=O) groups excluding carboxylic acids is 2. The molecule has 1 N–H and O–H groups in total. The minimum atomic E-state index is 0.00383. The van der Waals surface area contributed by atoms with Crippen LogP contribution in [-0.2, 0) is 11.3 Å². The number of amides is 2. The zero-order valence-electron chi connectivity index (χ0n) is 15.7. The van der Waals surface area contributed by atoms with Gasteiger partial charge < -0.3 is 15.0 Å². The summed E-state index contributed by atoms with van der Waals surface area (Å²) in [6.07, 6.45) is 2.44. The number of benzene rings is 1. The van der Waals surface area contributed by atoms with Gasteiger partial charge in [-0.2, -0.15) is 0 Å². The summed E-state index contributed by atoms with van der Waals surface area (Å²) in [6, 6.07) is 7.34. The number of piperidine rings is 1. The number of para-hydroxylation sites is 1. The number of nitrogens with one attached hydrogen (secondary N) is 1. The standard InChI is InChI=1S/C20H25N3O3S/c1-3-18(24)21-11-15-13-27-19(22-15)14-7-6-10-23(12-14)20(25)16-8-4-5-9-17(16)26-2/h4-5,8-9,13-14H,3,6-7,10-12H2,1-2H3,(H,21,24)/t14-/m1/s1. The molecule has 1 saturated heterocycles. The van der Waals surface area contributed by atoms with Crippen LogP contribution in [0.2, 0.25) is 0 Å². The molecule has 0 unspecified atom stereocenters. The smallest absolute Gasteiger partial charge is 0.257 e. The van der Waals surface area contributed by atoms with Gasteiger partial charge in [-0.1, -0.05) is 19.1 Å². The lowest BCUT2D eigenvalue weighted by molar-refractivity contribution is -0.120. The second kappa shape index (κ2) is 8.99. The zero-order valence-corrected chi connectivity index (χ0v) is 16.6. The Labute approximate surface area is 163 Å². The summed E-state index contributed by atoms with van der Waals surface area (Å²) in [7, 11) is 1.58. The third-order valence-electron chi connectivity index (χ3n) is 4.75. The predicted molar refractivity (Wildman–Crippen MR) is 105 cm³/mol. The number of thiazole rings is 1. The van der Waals surface area contributed by atoms with Gasteiger partial charge in [-0.05, 0) is 25.0 Å². The van der Waals surface area contributed by atoms with E-state index in [1.54, 1.807) is 18.4 Å². The Hall–Kier alpha value is -2.41. The summed E-state index contributed by atoms with van der Waals surface area (Å²) in [5, 5.41) is 5.88. The van der Waals surface area contributed by atoms with Crippen LogP contribution in [0.5, 0.6) is 5.75 Å². The average Bonchev–Trinajstić information content (AvgIpc) is 3.20. The van der Waals surface area contributed by atoms with Crippen molar-refractivity contribution in [1.29, 1.82) is 0 Å². The molecule has 7 heteroatoms. The van der Waals surface area contributed by atoms with Crippen molar-refractivity contribution in [2.24, 2.45) is 0 Å². The van der Waals surface area contributed by atoms with Gasteiger partial charge in [0.25, 0.3) is 5.91 Å². The van der Waals surface area contributed by atoms with Crippen LogP contribution in [0, 0.1) is 0 Å². The molecule has 2 aromatic rings. The third-order valence-corrected chi connectivity index (χ3v) is 5.81.